The fourth-order valence-electron chi connectivity index (χ4n) is 2.67. The van der Waals surface area contributed by atoms with Crippen LogP contribution < -0.4 is 10.6 Å². The maximum atomic E-state index is 13.8. The summed E-state index contributed by atoms with van der Waals surface area (Å²) in [6.07, 6.45) is 3.32. The molecule has 3 aromatic rings. The zero-order valence-corrected chi connectivity index (χ0v) is 16.5. The van der Waals surface area contributed by atoms with E-state index in [1.165, 1.54) is 12.3 Å². The van der Waals surface area contributed by atoms with E-state index in [0.717, 1.165) is 22.5 Å². The van der Waals surface area contributed by atoms with Gasteiger partial charge in [-0.25, -0.2) is 17.6 Å². The third kappa shape index (κ3) is 4.73. The van der Waals surface area contributed by atoms with Crippen LogP contribution in [0.5, 0.6) is 0 Å². The van der Waals surface area contributed by atoms with E-state index in [-0.39, 0.29) is 11.2 Å². The molecule has 6 nitrogen and oxygen atoms in total. The molecule has 0 radical (unpaired) electrons. The first-order valence-electron chi connectivity index (χ1n) is 8.71. The van der Waals surface area contributed by atoms with Gasteiger partial charge in [-0.05, 0) is 26.1 Å². The molecule has 154 valence electrons. The van der Waals surface area contributed by atoms with Crippen molar-refractivity contribution in [3.8, 4) is 0 Å². The van der Waals surface area contributed by atoms with Gasteiger partial charge in [0.1, 0.15) is 0 Å². The summed E-state index contributed by atoms with van der Waals surface area (Å²) in [5.41, 5.74) is 1.12. The average Bonchev–Trinajstić information content (AvgIpc) is 3.27. The molecule has 0 saturated carbocycles. The van der Waals surface area contributed by atoms with Gasteiger partial charge in [-0.2, -0.15) is 10.2 Å². The lowest BCUT2D eigenvalue weighted by molar-refractivity contribution is 0.431. The molecule has 29 heavy (non-hydrogen) atoms. The Morgan fingerprint density at radius 1 is 1.10 bits per heavy atom. The highest BCUT2D eigenvalue weighted by atomic mass is 32.1. The Balaban J connectivity index is 1.62. The second-order valence-electron chi connectivity index (χ2n) is 6.25. The highest BCUT2D eigenvalue weighted by Gasteiger charge is 2.19. The Bertz CT molecular complexity index is 1020. The largest absolute Gasteiger partial charge is 0.358 e. The number of thiocarbonyl (C=S) groups is 1. The fraction of sp³-hybridized carbons (Fsp3) is 0.278. The predicted molar refractivity (Wildman–Crippen MR) is 103 cm³/mol. The third-order valence-corrected chi connectivity index (χ3v) is 4.46. The van der Waals surface area contributed by atoms with E-state index < -0.39 is 35.4 Å². The molecule has 0 amide bonds. The smallest absolute Gasteiger partial charge is 0.172 e. The fourth-order valence-corrected chi connectivity index (χ4v) is 2.85. The highest BCUT2D eigenvalue weighted by molar-refractivity contribution is 7.80. The van der Waals surface area contributed by atoms with Crippen molar-refractivity contribution in [3.63, 3.8) is 0 Å². The summed E-state index contributed by atoms with van der Waals surface area (Å²) in [7, 11) is 0. The molecule has 0 aliphatic carbocycles. The highest BCUT2D eigenvalue weighted by Crippen LogP contribution is 2.20. The van der Waals surface area contributed by atoms with E-state index >= 15 is 0 Å². The molecule has 0 aliphatic heterocycles. The van der Waals surface area contributed by atoms with Gasteiger partial charge in [0.2, 0.25) is 0 Å². The number of aromatic nitrogens is 4. The van der Waals surface area contributed by atoms with Crippen LogP contribution in [0, 0.1) is 30.2 Å². The van der Waals surface area contributed by atoms with Gasteiger partial charge in [-0.3, -0.25) is 9.36 Å². The van der Waals surface area contributed by atoms with Crippen LogP contribution in [-0.4, -0.2) is 24.7 Å². The maximum absolute atomic E-state index is 13.8. The standard InChI is InChI=1S/C18H18F4N6S/c1-3-27-8-11(10(2)25-27)7-23-18(29)24-15-4-5-28(26-15)9-12-16(21)13(19)6-14(20)17(12)22/h4-6,8H,3,7,9H2,1-2H3,(H2,23,24,26,29). The monoisotopic (exact) mass is 426 g/mol. The Kier molecular flexibility index (Phi) is 6.16. The minimum atomic E-state index is -1.46. The van der Waals surface area contributed by atoms with Gasteiger partial charge in [0.15, 0.2) is 34.2 Å². The van der Waals surface area contributed by atoms with Crippen molar-refractivity contribution in [1.82, 2.24) is 24.9 Å². The quantitative estimate of drug-likeness (QED) is 0.359. The Morgan fingerprint density at radius 3 is 2.41 bits per heavy atom. The second kappa shape index (κ2) is 8.60. The lowest BCUT2D eigenvalue weighted by Crippen LogP contribution is -2.28. The molecule has 2 heterocycles. The van der Waals surface area contributed by atoms with Crippen molar-refractivity contribution in [2.45, 2.75) is 33.5 Å². The molecule has 0 spiro atoms. The van der Waals surface area contributed by atoms with Crippen LogP contribution >= 0.6 is 12.2 Å². The minimum Gasteiger partial charge on any atom is -0.358 e. The van der Waals surface area contributed by atoms with Gasteiger partial charge in [-0.15, -0.1) is 0 Å². The third-order valence-electron chi connectivity index (χ3n) is 4.22. The van der Waals surface area contributed by atoms with E-state index in [1.54, 1.807) is 0 Å². The van der Waals surface area contributed by atoms with E-state index in [4.69, 9.17) is 12.2 Å². The Labute approximate surface area is 169 Å². The number of hydrogen-bond donors (Lipinski definition) is 2. The van der Waals surface area contributed by atoms with Crippen LogP contribution in [0.2, 0.25) is 0 Å². The summed E-state index contributed by atoms with van der Waals surface area (Å²) in [6.45, 7) is 4.62. The lowest BCUT2D eigenvalue weighted by atomic mass is 10.2. The number of nitrogens with zero attached hydrogens (tertiary/aromatic N) is 4. The summed E-state index contributed by atoms with van der Waals surface area (Å²) >= 11 is 5.21. The molecular formula is C18H18F4N6S. The molecule has 0 saturated heterocycles. The SMILES string of the molecule is CCn1cc(CNC(=S)Nc2ccn(Cc3c(F)c(F)cc(F)c3F)n2)c(C)n1. The Hall–Kier alpha value is -2.95. The summed E-state index contributed by atoms with van der Waals surface area (Å²) in [4.78, 5) is 0. The summed E-state index contributed by atoms with van der Waals surface area (Å²) in [6, 6.07) is 1.68. The van der Waals surface area contributed by atoms with Crippen molar-refractivity contribution >= 4 is 23.1 Å². The molecule has 2 aromatic heterocycles. The van der Waals surface area contributed by atoms with Crippen molar-refractivity contribution in [1.29, 1.82) is 0 Å². The zero-order valence-electron chi connectivity index (χ0n) is 15.6. The van der Waals surface area contributed by atoms with Gasteiger partial charge in [-0.1, -0.05) is 0 Å². The van der Waals surface area contributed by atoms with Gasteiger partial charge in [0.05, 0.1) is 17.8 Å². The van der Waals surface area contributed by atoms with Crippen LogP contribution in [-0.2, 0) is 19.6 Å². The first-order chi connectivity index (χ1) is 13.8. The number of aryl methyl sites for hydroxylation is 2. The summed E-state index contributed by atoms with van der Waals surface area (Å²) in [5, 5.41) is 14.5. The second-order valence-corrected chi connectivity index (χ2v) is 6.66. The van der Waals surface area contributed by atoms with Gasteiger partial charge in [0, 0.05) is 43.2 Å². The lowest BCUT2D eigenvalue weighted by Gasteiger charge is -2.09. The molecule has 0 bridgehead atoms. The molecule has 0 fully saturated rings. The molecular weight excluding hydrogens is 408 g/mol. The first-order valence-corrected chi connectivity index (χ1v) is 9.12. The molecule has 1 aromatic carbocycles. The van der Waals surface area contributed by atoms with E-state index in [0.29, 0.717) is 12.4 Å². The molecule has 3 rings (SSSR count). The normalized spacial score (nSPS) is 11.0. The van der Waals surface area contributed by atoms with E-state index in [1.807, 2.05) is 24.7 Å². The number of anilines is 1. The zero-order chi connectivity index (χ0) is 21.1. The summed E-state index contributed by atoms with van der Waals surface area (Å²) < 4.78 is 57.2. The maximum Gasteiger partial charge on any atom is 0.172 e. The average molecular weight is 426 g/mol. The Morgan fingerprint density at radius 2 is 1.79 bits per heavy atom. The number of rotatable bonds is 6. The van der Waals surface area contributed by atoms with E-state index in [9.17, 15) is 17.6 Å². The molecule has 2 N–H and O–H groups in total. The predicted octanol–water partition coefficient (Wildman–Crippen LogP) is 3.50. The molecule has 0 unspecified atom stereocenters. The van der Waals surface area contributed by atoms with Crippen molar-refractivity contribution in [2.75, 3.05) is 5.32 Å². The number of hydrogen-bond acceptors (Lipinski definition) is 3. The molecule has 0 atom stereocenters. The molecule has 0 aliphatic rings. The topological polar surface area (TPSA) is 59.7 Å². The minimum absolute atomic E-state index is 0.167. The molecule has 11 heteroatoms. The first kappa shape index (κ1) is 20.8. The number of halogens is 4. The van der Waals surface area contributed by atoms with Gasteiger partial charge >= 0.3 is 0 Å². The van der Waals surface area contributed by atoms with Crippen molar-refractivity contribution < 1.29 is 17.6 Å². The number of benzene rings is 1. The number of nitrogens with one attached hydrogen (secondary N) is 2. The van der Waals surface area contributed by atoms with Crippen LogP contribution in [0.25, 0.3) is 0 Å². The van der Waals surface area contributed by atoms with Crippen LogP contribution in [0.4, 0.5) is 23.4 Å². The van der Waals surface area contributed by atoms with E-state index in [2.05, 4.69) is 20.8 Å². The van der Waals surface area contributed by atoms with Gasteiger partial charge in [0.25, 0.3) is 0 Å². The van der Waals surface area contributed by atoms with Crippen molar-refractivity contribution in [3.05, 3.63) is 64.6 Å². The van der Waals surface area contributed by atoms with Gasteiger partial charge < -0.3 is 10.6 Å². The van der Waals surface area contributed by atoms with Crippen molar-refractivity contribution in [2.24, 2.45) is 0 Å². The summed E-state index contributed by atoms with van der Waals surface area (Å²) in [5.74, 6) is -5.52. The van der Waals surface area contributed by atoms with Crippen LogP contribution in [0.1, 0.15) is 23.7 Å². The van der Waals surface area contributed by atoms with Crippen LogP contribution in [0.3, 0.4) is 0 Å². The van der Waals surface area contributed by atoms with Crippen LogP contribution in [0.15, 0.2) is 24.5 Å².